The van der Waals surface area contributed by atoms with Gasteiger partial charge in [0.1, 0.15) is 0 Å². The van der Waals surface area contributed by atoms with Crippen LogP contribution >= 0.6 is 0 Å². The zero-order chi connectivity index (χ0) is 39.9. The Labute approximate surface area is 336 Å². The minimum absolute atomic E-state index is 0.612. The van der Waals surface area contributed by atoms with Crippen molar-refractivity contribution in [1.82, 2.24) is 23.9 Å². The highest BCUT2D eigenvalue weighted by molar-refractivity contribution is 5.86. The second kappa shape index (κ2) is 21.0. The number of benzene rings is 3. The molecule has 0 radical (unpaired) electrons. The van der Waals surface area contributed by atoms with Gasteiger partial charge in [-0.3, -0.25) is 14.8 Å². The van der Waals surface area contributed by atoms with Crippen molar-refractivity contribution in [1.29, 1.82) is 0 Å². The highest BCUT2D eigenvalue weighted by Crippen LogP contribution is 2.26. The molecule has 3 aromatic carbocycles. The lowest BCUT2D eigenvalue weighted by Crippen LogP contribution is -2.22. The molecule has 0 saturated heterocycles. The van der Waals surface area contributed by atoms with Crippen LogP contribution in [0.25, 0.3) is 21.8 Å². The highest BCUT2D eigenvalue weighted by Gasteiger charge is 2.13. The molecule has 6 aromatic rings. The lowest BCUT2D eigenvalue weighted by atomic mass is 10.1. The molecule has 7 nitrogen and oxygen atoms in total. The van der Waals surface area contributed by atoms with Gasteiger partial charge in [-0.15, -0.1) is 0 Å². The number of aryl methyl sites for hydroxylation is 4. The SMILES string of the molecule is CCN(CC)Cc1cccc2c1cc(C#CCNc1ccc(C)cc1)n2CC.CCN(CC)Cc1cccc2c1cc(C#CCNc1ccnc(C)c1)n2CC. The van der Waals surface area contributed by atoms with Crippen LogP contribution in [0.1, 0.15) is 75.3 Å². The summed E-state index contributed by atoms with van der Waals surface area (Å²) in [6, 6.07) is 30.2. The van der Waals surface area contributed by atoms with Crippen molar-refractivity contribution in [3.63, 3.8) is 0 Å². The zero-order valence-corrected chi connectivity index (χ0v) is 35.0. The monoisotopic (exact) mass is 747 g/mol. The molecule has 0 spiro atoms. The third kappa shape index (κ3) is 10.8. The zero-order valence-electron chi connectivity index (χ0n) is 35.0. The molecule has 3 aromatic heterocycles. The van der Waals surface area contributed by atoms with E-state index >= 15 is 0 Å². The summed E-state index contributed by atoms with van der Waals surface area (Å²) >= 11 is 0. The average Bonchev–Trinajstić information content (AvgIpc) is 3.78. The number of rotatable bonds is 14. The van der Waals surface area contributed by atoms with Gasteiger partial charge in [-0.1, -0.05) is 81.5 Å². The van der Waals surface area contributed by atoms with Gasteiger partial charge in [0, 0.05) is 71.3 Å². The van der Waals surface area contributed by atoms with Crippen LogP contribution in [0, 0.1) is 37.5 Å². The van der Waals surface area contributed by atoms with E-state index in [1.807, 2.05) is 25.3 Å². The third-order valence-corrected chi connectivity index (χ3v) is 10.4. The van der Waals surface area contributed by atoms with Crippen molar-refractivity contribution >= 4 is 33.2 Å². The summed E-state index contributed by atoms with van der Waals surface area (Å²) in [6.45, 7) is 26.7. The Morgan fingerprint density at radius 1 is 0.571 bits per heavy atom. The summed E-state index contributed by atoms with van der Waals surface area (Å²) < 4.78 is 4.63. The molecule has 0 amide bonds. The lowest BCUT2D eigenvalue weighted by molar-refractivity contribution is 0.297. The molecule has 56 heavy (non-hydrogen) atoms. The second-order valence-corrected chi connectivity index (χ2v) is 14.0. The number of hydrogen-bond acceptors (Lipinski definition) is 5. The molecular weight excluding hydrogens is 687 g/mol. The summed E-state index contributed by atoms with van der Waals surface area (Å²) in [4.78, 5) is 9.12. The first-order valence-corrected chi connectivity index (χ1v) is 20.4. The molecule has 0 aliphatic carbocycles. The summed E-state index contributed by atoms with van der Waals surface area (Å²) in [5.41, 5.74) is 11.9. The van der Waals surface area contributed by atoms with Gasteiger partial charge in [-0.2, -0.15) is 0 Å². The van der Waals surface area contributed by atoms with Crippen LogP contribution in [0.3, 0.4) is 0 Å². The molecule has 7 heteroatoms. The van der Waals surface area contributed by atoms with Gasteiger partial charge in [0.05, 0.1) is 24.5 Å². The number of nitrogens with one attached hydrogen (secondary N) is 2. The van der Waals surface area contributed by atoms with E-state index in [1.165, 1.54) is 38.5 Å². The minimum atomic E-state index is 0.612. The van der Waals surface area contributed by atoms with E-state index in [1.54, 1.807) is 0 Å². The topological polar surface area (TPSA) is 53.3 Å². The molecule has 0 aliphatic heterocycles. The lowest BCUT2D eigenvalue weighted by Gasteiger charge is -2.18. The van der Waals surface area contributed by atoms with Gasteiger partial charge in [-0.25, -0.2) is 0 Å². The molecule has 0 saturated carbocycles. The first-order chi connectivity index (χ1) is 27.3. The maximum Gasteiger partial charge on any atom is 0.0931 e. The van der Waals surface area contributed by atoms with E-state index in [-0.39, 0.29) is 0 Å². The van der Waals surface area contributed by atoms with Crippen LogP contribution in [0.2, 0.25) is 0 Å². The van der Waals surface area contributed by atoms with Crippen molar-refractivity contribution in [3.05, 3.63) is 125 Å². The van der Waals surface area contributed by atoms with Gasteiger partial charge < -0.3 is 19.8 Å². The molecule has 0 unspecified atom stereocenters. The summed E-state index contributed by atoms with van der Waals surface area (Å²) in [5, 5.41) is 9.37. The second-order valence-electron chi connectivity index (χ2n) is 14.0. The third-order valence-electron chi connectivity index (χ3n) is 10.4. The van der Waals surface area contributed by atoms with Crippen LogP contribution in [-0.2, 0) is 26.2 Å². The molecule has 0 bridgehead atoms. The fourth-order valence-corrected chi connectivity index (χ4v) is 7.12. The van der Waals surface area contributed by atoms with Crippen LogP contribution in [0.4, 0.5) is 11.4 Å². The number of hydrogen-bond donors (Lipinski definition) is 2. The van der Waals surface area contributed by atoms with E-state index in [2.05, 4.69) is 179 Å². The molecule has 6 rings (SSSR count). The van der Waals surface area contributed by atoms with E-state index in [4.69, 9.17) is 0 Å². The molecule has 0 fully saturated rings. The fourth-order valence-electron chi connectivity index (χ4n) is 7.12. The van der Waals surface area contributed by atoms with Crippen LogP contribution in [0.15, 0.2) is 91.1 Å². The van der Waals surface area contributed by atoms with E-state index in [0.717, 1.165) is 80.8 Å². The van der Waals surface area contributed by atoms with Crippen LogP contribution in [0.5, 0.6) is 0 Å². The molecule has 0 atom stereocenters. The Balaban J connectivity index is 0.000000214. The molecule has 2 N–H and O–H groups in total. The molecule has 3 heterocycles. The minimum Gasteiger partial charge on any atom is -0.374 e. The summed E-state index contributed by atoms with van der Waals surface area (Å²) in [5.74, 6) is 13.3. The van der Waals surface area contributed by atoms with Crippen LogP contribution in [-0.4, -0.2) is 63.2 Å². The molecule has 0 aliphatic rings. The first-order valence-electron chi connectivity index (χ1n) is 20.4. The molecular formula is C49H61N7. The first kappa shape index (κ1) is 41.7. The van der Waals surface area contributed by atoms with E-state index < -0.39 is 0 Å². The number of anilines is 2. The standard InChI is InChI=1S/C25H31N3.C24H30N4/c1-5-27(6-2)19-21-10-8-12-25-24(21)18-23(28(25)7-3)11-9-17-26-22-15-13-20(4)14-16-22;1-5-27(6-2)18-20-10-8-12-24-23(20)17-22(28(24)7-3)11-9-14-26-21-13-15-25-19(4)16-21/h8,10,12-16,18,26H,5-7,17,19H2,1-4H3;8,10,12-13,15-17H,5-7,14,18H2,1-4H3,(H,25,26). The maximum absolute atomic E-state index is 4.22. The van der Waals surface area contributed by atoms with Crippen molar-refractivity contribution < 1.29 is 0 Å². The number of pyridine rings is 1. The van der Waals surface area contributed by atoms with Gasteiger partial charge in [-0.05, 0) is 125 Å². The Kier molecular flexibility index (Phi) is 15.6. The molecule has 292 valence electrons. The Morgan fingerprint density at radius 3 is 1.50 bits per heavy atom. The predicted molar refractivity (Wildman–Crippen MR) is 239 cm³/mol. The van der Waals surface area contributed by atoms with Crippen molar-refractivity contribution in [2.45, 2.75) is 81.6 Å². The van der Waals surface area contributed by atoms with Gasteiger partial charge in [0.25, 0.3) is 0 Å². The Bertz CT molecular complexity index is 2280. The predicted octanol–water partition coefficient (Wildman–Crippen LogP) is 9.95. The average molecular weight is 748 g/mol. The Hall–Kier alpha value is -5.47. The van der Waals surface area contributed by atoms with E-state index in [9.17, 15) is 0 Å². The quantitative estimate of drug-likeness (QED) is 0.109. The number of nitrogens with zero attached hydrogens (tertiary/aromatic N) is 5. The van der Waals surface area contributed by atoms with Gasteiger partial charge in [0.2, 0.25) is 0 Å². The van der Waals surface area contributed by atoms with Crippen molar-refractivity contribution in [2.24, 2.45) is 0 Å². The largest absolute Gasteiger partial charge is 0.374 e. The number of aromatic nitrogens is 3. The highest BCUT2D eigenvalue weighted by atomic mass is 15.1. The fraction of sp³-hybridized carbons (Fsp3) is 0.367. The van der Waals surface area contributed by atoms with Crippen molar-refractivity contribution in [2.75, 3.05) is 49.9 Å². The maximum atomic E-state index is 4.22. The van der Waals surface area contributed by atoms with Gasteiger partial charge in [0.15, 0.2) is 0 Å². The van der Waals surface area contributed by atoms with E-state index in [0.29, 0.717) is 13.1 Å². The normalized spacial score (nSPS) is 10.9. The number of fused-ring (bicyclic) bond motifs is 2. The summed E-state index contributed by atoms with van der Waals surface area (Å²) in [7, 11) is 0. The van der Waals surface area contributed by atoms with Crippen molar-refractivity contribution in [3.8, 4) is 23.7 Å². The summed E-state index contributed by atoms with van der Waals surface area (Å²) in [6.07, 6.45) is 1.82. The Morgan fingerprint density at radius 2 is 1.05 bits per heavy atom. The van der Waals surface area contributed by atoms with Crippen LogP contribution < -0.4 is 10.6 Å². The smallest absolute Gasteiger partial charge is 0.0931 e. The van der Waals surface area contributed by atoms with Gasteiger partial charge >= 0.3 is 0 Å².